The molecule has 3 aromatic rings. The minimum absolute atomic E-state index is 0.0771. The first kappa shape index (κ1) is 23.5. The fraction of sp³-hybridized carbons (Fsp3) is 0.240. The van der Waals surface area contributed by atoms with E-state index in [2.05, 4.69) is 5.32 Å². The van der Waals surface area contributed by atoms with Gasteiger partial charge in [0.15, 0.2) is 0 Å². The van der Waals surface area contributed by atoms with Gasteiger partial charge in [0.1, 0.15) is 16.7 Å². The summed E-state index contributed by atoms with van der Waals surface area (Å²) in [7, 11) is -3.94. The summed E-state index contributed by atoms with van der Waals surface area (Å²) in [6.45, 7) is 4.10. The number of ether oxygens (including phenoxy) is 1. The zero-order chi connectivity index (χ0) is 23.0. The summed E-state index contributed by atoms with van der Waals surface area (Å²) in [6, 6.07) is 23.8. The Morgan fingerprint density at radius 2 is 1.50 bits per heavy atom. The van der Waals surface area contributed by atoms with Gasteiger partial charge < -0.3 is 14.2 Å². The van der Waals surface area contributed by atoms with Crippen molar-refractivity contribution in [1.82, 2.24) is 5.32 Å². The van der Waals surface area contributed by atoms with E-state index < -0.39 is 16.2 Å². The third-order valence-electron chi connectivity index (χ3n) is 4.61. The van der Waals surface area contributed by atoms with E-state index in [4.69, 9.17) is 8.92 Å². The molecule has 0 aromatic heterocycles. The molecule has 0 unspecified atom stereocenters. The molecule has 0 spiro atoms. The topological polar surface area (TPSA) is 81.7 Å². The molecule has 168 valence electrons. The van der Waals surface area contributed by atoms with Crippen LogP contribution in [0.25, 0.3) is 0 Å². The van der Waals surface area contributed by atoms with Gasteiger partial charge in [-0.1, -0.05) is 60.7 Å². The Balaban J connectivity index is 1.74. The molecule has 3 aromatic carbocycles. The van der Waals surface area contributed by atoms with Crippen molar-refractivity contribution in [2.24, 2.45) is 0 Å². The van der Waals surface area contributed by atoms with Crippen LogP contribution >= 0.6 is 0 Å². The summed E-state index contributed by atoms with van der Waals surface area (Å²) in [5, 5.41) is 3.25. The van der Waals surface area contributed by atoms with Crippen molar-refractivity contribution in [2.45, 2.75) is 43.9 Å². The Morgan fingerprint density at radius 1 is 0.875 bits per heavy atom. The minimum Gasteiger partial charge on any atom is -0.462 e. The largest absolute Gasteiger partial charge is 0.462 e. The van der Waals surface area contributed by atoms with Gasteiger partial charge >= 0.3 is 16.1 Å². The molecule has 7 heteroatoms. The minimum atomic E-state index is -3.94. The number of hydrogen-bond acceptors (Lipinski definition) is 6. The number of nitrogens with one attached hydrogen (secondary N) is 1. The molecule has 0 heterocycles. The molecule has 0 saturated carbocycles. The zero-order valence-corrected chi connectivity index (χ0v) is 18.9. The molecule has 32 heavy (non-hydrogen) atoms. The van der Waals surface area contributed by atoms with Crippen LogP contribution < -0.4 is 9.50 Å². The highest BCUT2D eigenvalue weighted by Gasteiger charge is 2.22. The molecule has 0 aliphatic rings. The van der Waals surface area contributed by atoms with E-state index in [0.29, 0.717) is 13.0 Å². The van der Waals surface area contributed by atoms with Crippen LogP contribution in [0.15, 0.2) is 89.8 Å². The molecule has 3 rings (SSSR count). The predicted octanol–water partition coefficient (Wildman–Crippen LogP) is 4.11. The van der Waals surface area contributed by atoms with Gasteiger partial charge in [0.05, 0.1) is 6.10 Å². The summed E-state index contributed by atoms with van der Waals surface area (Å²) in [4.78, 5) is 12.7. The Bertz CT molecular complexity index is 1120. The van der Waals surface area contributed by atoms with E-state index in [9.17, 15) is 13.2 Å². The second-order valence-corrected chi connectivity index (χ2v) is 9.15. The van der Waals surface area contributed by atoms with Gasteiger partial charge in [0.2, 0.25) is 0 Å². The van der Waals surface area contributed by atoms with Gasteiger partial charge in [0, 0.05) is 6.54 Å². The van der Waals surface area contributed by atoms with Crippen molar-refractivity contribution in [2.75, 3.05) is 0 Å². The lowest BCUT2D eigenvalue weighted by atomic mass is 10.1. The standard InChI is InChI=1S/C25H27NO5S/c1-19(2)30-25(27)24(26-18-20-10-5-3-6-11-20)17-21-12-9-13-22(16-21)31-32(28,29)23-14-7-4-8-15-23/h3-16,19,24,26H,17-18H2,1-2H3/t24-/m0/s1. The number of carbonyl (C=O) groups is 1. The van der Waals surface area contributed by atoms with Gasteiger partial charge in [-0.15, -0.1) is 0 Å². The van der Waals surface area contributed by atoms with Crippen molar-refractivity contribution in [1.29, 1.82) is 0 Å². The van der Waals surface area contributed by atoms with Gasteiger partial charge in [-0.05, 0) is 55.7 Å². The van der Waals surface area contributed by atoms with Gasteiger partial charge in [-0.3, -0.25) is 4.79 Å². The normalized spacial score (nSPS) is 12.3. The number of hydrogen-bond donors (Lipinski definition) is 1. The van der Waals surface area contributed by atoms with Crippen molar-refractivity contribution < 1.29 is 22.1 Å². The van der Waals surface area contributed by atoms with E-state index >= 15 is 0 Å². The summed E-state index contributed by atoms with van der Waals surface area (Å²) < 4.78 is 35.7. The molecule has 0 saturated heterocycles. The Hall–Kier alpha value is -3.16. The molecule has 0 radical (unpaired) electrons. The van der Waals surface area contributed by atoms with Crippen molar-refractivity contribution in [3.8, 4) is 5.75 Å². The zero-order valence-electron chi connectivity index (χ0n) is 18.1. The fourth-order valence-electron chi connectivity index (χ4n) is 3.11. The van der Waals surface area contributed by atoms with Gasteiger partial charge in [-0.2, -0.15) is 8.42 Å². The first-order valence-corrected chi connectivity index (χ1v) is 11.8. The average molecular weight is 454 g/mol. The molecule has 1 atom stereocenters. The molecule has 1 N–H and O–H groups in total. The third kappa shape index (κ3) is 6.93. The highest BCUT2D eigenvalue weighted by atomic mass is 32.2. The Morgan fingerprint density at radius 3 is 2.16 bits per heavy atom. The fourth-order valence-corrected chi connectivity index (χ4v) is 4.06. The summed E-state index contributed by atoms with van der Waals surface area (Å²) in [5.74, 6) is -0.176. The highest BCUT2D eigenvalue weighted by Crippen LogP contribution is 2.21. The quantitative estimate of drug-likeness (QED) is 0.368. The molecule has 0 amide bonds. The second-order valence-electron chi connectivity index (χ2n) is 7.61. The van der Waals surface area contributed by atoms with Crippen LogP contribution in [0.3, 0.4) is 0 Å². The molecular weight excluding hydrogens is 426 g/mol. The van der Waals surface area contributed by atoms with Crippen LogP contribution in [0, 0.1) is 0 Å². The number of esters is 1. The maximum absolute atomic E-state index is 12.7. The average Bonchev–Trinajstić information content (AvgIpc) is 2.77. The maximum atomic E-state index is 12.7. The van der Waals surface area contributed by atoms with Crippen LogP contribution in [0.5, 0.6) is 5.75 Å². The number of carbonyl (C=O) groups excluding carboxylic acids is 1. The van der Waals surface area contributed by atoms with Crippen LogP contribution in [0.2, 0.25) is 0 Å². The molecular formula is C25H27NO5S. The van der Waals surface area contributed by atoms with Crippen LogP contribution in [0.4, 0.5) is 0 Å². The van der Waals surface area contributed by atoms with E-state index in [0.717, 1.165) is 11.1 Å². The van der Waals surface area contributed by atoms with Crippen molar-refractivity contribution in [3.05, 3.63) is 96.1 Å². The molecule has 0 fully saturated rings. The molecule has 6 nitrogen and oxygen atoms in total. The van der Waals surface area contributed by atoms with E-state index in [1.54, 1.807) is 50.2 Å². The van der Waals surface area contributed by atoms with E-state index in [1.807, 2.05) is 36.4 Å². The first-order valence-electron chi connectivity index (χ1n) is 10.4. The lowest BCUT2D eigenvalue weighted by molar-refractivity contribution is -0.150. The SMILES string of the molecule is CC(C)OC(=O)[C@H](Cc1cccc(OS(=O)(=O)c2ccccc2)c1)NCc1ccccc1. The lowest BCUT2D eigenvalue weighted by Crippen LogP contribution is -2.40. The van der Waals surface area contributed by atoms with E-state index in [1.165, 1.54) is 12.1 Å². The maximum Gasteiger partial charge on any atom is 0.339 e. The Labute approximate surface area is 189 Å². The monoisotopic (exact) mass is 453 g/mol. The molecule has 0 bridgehead atoms. The molecule has 0 aliphatic carbocycles. The van der Waals surface area contributed by atoms with Gasteiger partial charge in [0.25, 0.3) is 0 Å². The van der Waals surface area contributed by atoms with Gasteiger partial charge in [-0.25, -0.2) is 0 Å². The van der Waals surface area contributed by atoms with Crippen LogP contribution in [-0.2, 0) is 32.6 Å². The van der Waals surface area contributed by atoms with Crippen molar-refractivity contribution in [3.63, 3.8) is 0 Å². The first-order chi connectivity index (χ1) is 15.3. The predicted molar refractivity (Wildman–Crippen MR) is 123 cm³/mol. The van der Waals surface area contributed by atoms with Crippen LogP contribution in [-0.4, -0.2) is 26.5 Å². The Kier molecular flexibility index (Phi) is 8.03. The summed E-state index contributed by atoms with van der Waals surface area (Å²) in [5.41, 5.74) is 1.79. The lowest BCUT2D eigenvalue weighted by Gasteiger charge is -2.20. The van der Waals surface area contributed by atoms with E-state index in [-0.39, 0.29) is 22.7 Å². The third-order valence-corrected chi connectivity index (χ3v) is 5.87. The second kappa shape index (κ2) is 10.9. The van der Waals surface area contributed by atoms with Crippen LogP contribution in [0.1, 0.15) is 25.0 Å². The highest BCUT2D eigenvalue weighted by molar-refractivity contribution is 7.87. The number of benzene rings is 3. The smallest absolute Gasteiger partial charge is 0.339 e. The summed E-state index contributed by atoms with van der Waals surface area (Å²) in [6.07, 6.45) is 0.0789. The number of rotatable bonds is 10. The summed E-state index contributed by atoms with van der Waals surface area (Å²) >= 11 is 0. The van der Waals surface area contributed by atoms with Crippen molar-refractivity contribution >= 4 is 16.1 Å². The molecule has 0 aliphatic heterocycles.